The maximum absolute atomic E-state index is 12.2. The maximum atomic E-state index is 12.2. The van der Waals surface area contributed by atoms with E-state index in [1.165, 1.54) is 0 Å². The van der Waals surface area contributed by atoms with Gasteiger partial charge >= 0.3 is 0 Å². The van der Waals surface area contributed by atoms with Crippen LogP contribution >= 0.6 is 0 Å². The van der Waals surface area contributed by atoms with Crippen molar-refractivity contribution < 1.29 is 9.53 Å². The Morgan fingerprint density at radius 3 is 2.39 bits per heavy atom. The summed E-state index contributed by atoms with van der Waals surface area (Å²) in [6.07, 6.45) is 0. The highest BCUT2D eigenvalue weighted by molar-refractivity contribution is 6.00. The van der Waals surface area contributed by atoms with Crippen molar-refractivity contribution in [1.82, 2.24) is 5.32 Å². The van der Waals surface area contributed by atoms with Gasteiger partial charge < -0.3 is 10.1 Å². The molecule has 0 unspecified atom stereocenters. The number of ketones is 1. The Hall–Kier alpha value is -1.35. The fourth-order valence-corrected chi connectivity index (χ4v) is 2.07. The molecule has 1 aromatic rings. The van der Waals surface area contributed by atoms with Crippen LogP contribution in [0, 0.1) is 20.8 Å². The molecule has 1 aromatic carbocycles. The van der Waals surface area contributed by atoms with Gasteiger partial charge in [0.1, 0.15) is 5.75 Å². The van der Waals surface area contributed by atoms with E-state index < -0.39 is 0 Å². The van der Waals surface area contributed by atoms with Gasteiger partial charge in [-0.25, -0.2) is 0 Å². The number of carbonyl (C=O) groups excluding carboxylic acids is 1. The minimum Gasteiger partial charge on any atom is -0.496 e. The standard InChI is InChI=1S/C15H23NO2/c1-9(2)16-8-13(17)15-10(3)7-14(18-6)11(4)12(15)5/h7,9,16H,8H2,1-6H3. The summed E-state index contributed by atoms with van der Waals surface area (Å²) in [5, 5.41) is 3.17. The molecular formula is C15H23NO2. The lowest BCUT2D eigenvalue weighted by Gasteiger charge is -2.16. The minimum absolute atomic E-state index is 0.143. The van der Waals surface area contributed by atoms with Crippen LogP contribution in [0.1, 0.15) is 40.9 Å². The maximum Gasteiger partial charge on any atom is 0.177 e. The van der Waals surface area contributed by atoms with E-state index in [0.717, 1.165) is 28.0 Å². The van der Waals surface area contributed by atoms with Crippen LogP contribution in [0.4, 0.5) is 0 Å². The zero-order chi connectivity index (χ0) is 13.9. The van der Waals surface area contributed by atoms with Crippen molar-refractivity contribution in [2.75, 3.05) is 13.7 Å². The van der Waals surface area contributed by atoms with E-state index in [9.17, 15) is 4.79 Å². The molecule has 0 aliphatic carbocycles. The highest BCUT2D eigenvalue weighted by Crippen LogP contribution is 2.27. The molecule has 0 saturated carbocycles. The monoisotopic (exact) mass is 249 g/mol. The van der Waals surface area contributed by atoms with E-state index in [-0.39, 0.29) is 5.78 Å². The number of carbonyl (C=O) groups is 1. The zero-order valence-electron chi connectivity index (χ0n) is 12.2. The Bertz CT molecular complexity index is 450. The average Bonchev–Trinajstić information content (AvgIpc) is 2.31. The van der Waals surface area contributed by atoms with E-state index in [1.54, 1.807) is 7.11 Å². The number of ether oxygens (including phenoxy) is 1. The van der Waals surface area contributed by atoms with E-state index in [0.29, 0.717) is 12.6 Å². The third-order valence-corrected chi connectivity index (χ3v) is 3.22. The smallest absolute Gasteiger partial charge is 0.177 e. The summed E-state index contributed by atoms with van der Waals surface area (Å²) in [6, 6.07) is 2.25. The van der Waals surface area contributed by atoms with Crippen LogP contribution in [0.5, 0.6) is 5.75 Å². The molecule has 3 heteroatoms. The number of hydrogen-bond acceptors (Lipinski definition) is 3. The molecule has 18 heavy (non-hydrogen) atoms. The number of rotatable bonds is 5. The van der Waals surface area contributed by atoms with Gasteiger partial charge in [-0.1, -0.05) is 13.8 Å². The lowest BCUT2D eigenvalue weighted by atomic mass is 9.94. The molecule has 0 atom stereocenters. The molecule has 1 rings (SSSR count). The number of Topliss-reactive ketones (excluding diaryl/α,β-unsaturated/α-hetero) is 1. The SMILES string of the molecule is COc1cc(C)c(C(=O)CNC(C)C)c(C)c1C. The van der Waals surface area contributed by atoms with Crippen LogP contribution in [0.2, 0.25) is 0 Å². The Balaban J connectivity index is 3.09. The van der Waals surface area contributed by atoms with E-state index in [2.05, 4.69) is 5.32 Å². The Labute approximate surface area is 110 Å². The first-order valence-electron chi connectivity index (χ1n) is 6.29. The third-order valence-electron chi connectivity index (χ3n) is 3.22. The van der Waals surface area contributed by atoms with Gasteiger partial charge in [0.25, 0.3) is 0 Å². The van der Waals surface area contributed by atoms with Gasteiger partial charge in [-0.2, -0.15) is 0 Å². The molecule has 0 heterocycles. The van der Waals surface area contributed by atoms with Gasteiger partial charge in [0, 0.05) is 11.6 Å². The first kappa shape index (κ1) is 14.7. The molecule has 0 aliphatic rings. The number of hydrogen-bond donors (Lipinski definition) is 1. The van der Waals surface area contributed by atoms with Crippen LogP contribution in [-0.4, -0.2) is 25.5 Å². The van der Waals surface area contributed by atoms with Gasteiger partial charge in [0.05, 0.1) is 13.7 Å². The zero-order valence-corrected chi connectivity index (χ0v) is 12.2. The Morgan fingerprint density at radius 1 is 1.28 bits per heavy atom. The normalized spacial score (nSPS) is 10.8. The fraction of sp³-hybridized carbons (Fsp3) is 0.533. The first-order valence-corrected chi connectivity index (χ1v) is 6.29. The molecule has 1 N–H and O–H groups in total. The summed E-state index contributed by atoms with van der Waals surface area (Å²) in [5.41, 5.74) is 3.85. The highest BCUT2D eigenvalue weighted by Gasteiger charge is 2.16. The van der Waals surface area contributed by atoms with Crippen LogP contribution < -0.4 is 10.1 Å². The Kier molecular flexibility index (Phi) is 4.91. The lowest BCUT2D eigenvalue weighted by molar-refractivity contribution is 0.0987. The summed E-state index contributed by atoms with van der Waals surface area (Å²) >= 11 is 0. The van der Waals surface area contributed by atoms with Crippen molar-refractivity contribution >= 4 is 5.78 Å². The van der Waals surface area contributed by atoms with Crippen molar-refractivity contribution in [3.05, 3.63) is 28.3 Å². The summed E-state index contributed by atoms with van der Waals surface area (Å²) in [5.74, 6) is 0.989. The molecule has 3 nitrogen and oxygen atoms in total. The second-order valence-corrected chi connectivity index (χ2v) is 4.98. The predicted molar refractivity (Wildman–Crippen MR) is 74.7 cm³/mol. The number of nitrogens with one attached hydrogen (secondary N) is 1. The minimum atomic E-state index is 0.143. The molecule has 0 aliphatic heterocycles. The number of methoxy groups -OCH3 is 1. The van der Waals surface area contributed by atoms with E-state index >= 15 is 0 Å². The summed E-state index contributed by atoms with van der Waals surface area (Å²) in [7, 11) is 1.66. The van der Waals surface area contributed by atoms with Crippen molar-refractivity contribution in [2.45, 2.75) is 40.7 Å². The molecule has 0 radical (unpaired) electrons. The molecule has 0 saturated heterocycles. The van der Waals surface area contributed by atoms with Gasteiger partial charge in [-0.15, -0.1) is 0 Å². The number of aryl methyl sites for hydroxylation is 1. The second kappa shape index (κ2) is 6.01. The molecular weight excluding hydrogens is 226 g/mol. The fourth-order valence-electron chi connectivity index (χ4n) is 2.07. The van der Waals surface area contributed by atoms with Gasteiger partial charge in [0.2, 0.25) is 0 Å². The molecule has 100 valence electrons. The van der Waals surface area contributed by atoms with Crippen LogP contribution in [0.25, 0.3) is 0 Å². The quantitative estimate of drug-likeness (QED) is 0.815. The molecule has 0 fully saturated rings. The van der Waals surface area contributed by atoms with Crippen molar-refractivity contribution in [2.24, 2.45) is 0 Å². The Morgan fingerprint density at radius 2 is 1.89 bits per heavy atom. The van der Waals surface area contributed by atoms with Gasteiger partial charge in [-0.3, -0.25) is 4.79 Å². The molecule has 0 amide bonds. The third kappa shape index (κ3) is 3.10. The first-order chi connectivity index (χ1) is 8.38. The molecule has 0 aromatic heterocycles. The topological polar surface area (TPSA) is 38.3 Å². The number of benzene rings is 1. The van der Waals surface area contributed by atoms with Gasteiger partial charge in [0.15, 0.2) is 5.78 Å². The lowest BCUT2D eigenvalue weighted by Crippen LogP contribution is -2.30. The van der Waals surface area contributed by atoms with Gasteiger partial charge in [-0.05, 0) is 43.5 Å². The van der Waals surface area contributed by atoms with Crippen LogP contribution in [0.3, 0.4) is 0 Å². The molecule has 0 bridgehead atoms. The summed E-state index contributed by atoms with van der Waals surface area (Å²) < 4.78 is 5.31. The van der Waals surface area contributed by atoms with Crippen LogP contribution in [0.15, 0.2) is 6.07 Å². The van der Waals surface area contributed by atoms with Crippen molar-refractivity contribution in [3.63, 3.8) is 0 Å². The summed E-state index contributed by atoms with van der Waals surface area (Å²) in [4.78, 5) is 12.2. The van der Waals surface area contributed by atoms with Crippen molar-refractivity contribution in [3.8, 4) is 5.75 Å². The predicted octanol–water partition coefficient (Wildman–Crippen LogP) is 2.80. The summed E-state index contributed by atoms with van der Waals surface area (Å²) in [6.45, 7) is 10.4. The average molecular weight is 249 g/mol. The van der Waals surface area contributed by atoms with Crippen LogP contribution in [-0.2, 0) is 0 Å². The van der Waals surface area contributed by atoms with Crippen molar-refractivity contribution in [1.29, 1.82) is 0 Å². The van der Waals surface area contributed by atoms with E-state index in [4.69, 9.17) is 4.74 Å². The molecule has 0 spiro atoms. The van der Waals surface area contributed by atoms with E-state index in [1.807, 2.05) is 40.7 Å². The largest absolute Gasteiger partial charge is 0.496 e. The second-order valence-electron chi connectivity index (χ2n) is 4.98. The highest BCUT2D eigenvalue weighted by atomic mass is 16.5.